The summed E-state index contributed by atoms with van der Waals surface area (Å²) in [4.78, 5) is 6.96. The van der Waals surface area contributed by atoms with Crippen LogP contribution in [0.4, 0.5) is 0 Å². The van der Waals surface area contributed by atoms with Gasteiger partial charge in [-0.25, -0.2) is 0 Å². The van der Waals surface area contributed by atoms with Crippen molar-refractivity contribution in [2.45, 2.75) is 76.5 Å². The molecule has 3 rings (SSSR count). The standard InChI is InChI=1S/C15H25N3O2/c1-11(19)9-13-7-4-8-18(13)10-14-16-15(17-20-14)12-5-2-3-6-12/h11-13,19H,2-10H2,1H3. The molecule has 1 aromatic rings. The molecule has 0 amide bonds. The Morgan fingerprint density at radius 2 is 2.10 bits per heavy atom. The number of aromatic nitrogens is 2. The first kappa shape index (κ1) is 14.0. The van der Waals surface area contributed by atoms with E-state index >= 15 is 0 Å². The van der Waals surface area contributed by atoms with Gasteiger partial charge in [-0.05, 0) is 45.6 Å². The van der Waals surface area contributed by atoms with E-state index in [2.05, 4.69) is 15.0 Å². The minimum Gasteiger partial charge on any atom is -0.393 e. The maximum absolute atomic E-state index is 9.57. The number of aliphatic hydroxyl groups is 1. The minimum atomic E-state index is -0.239. The fourth-order valence-corrected chi connectivity index (χ4v) is 3.62. The largest absolute Gasteiger partial charge is 0.393 e. The summed E-state index contributed by atoms with van der Waals surface area (Å²) in [6, 6.07) is 0.455. The highest BCUT2D eigenvalue weighted by atomic mass is 16.5. The summed E-state index contributed by atoms with van der Waals surface area (Å²) in [6.45, 7) is 3.66. The maximum Gasteiger partial charge on any atom is 0.240 e. The summed E-state index contributed by atoms with van der Waals surface area (Å²) in [5.41, 5.74) is 0. The van der Waals surface area contributed by atoms with Gasteiger partial charge in [-0.3, -0.25) is 4.90 Å². The number of nitrogens with zero attached hydrogens (tertiary/aromatic N) is 3. The van der Waals surface area contributed by atoms with E-state index < -0.39 is 0 Å². The van der Waals surface area contributed by atoms with Crippen molar-refractivity contribution >= 4 is 0 Å². The second kappa shape index (κ2) is 6.22. The first-order chi connectivity index (χ1) is 9.72. The van der Waals surface area contributed by atoms with E-state index in [1.807, 2.05) is 6.92 Å². The van der Waals surface area contributed by atoms with Gasteiger partial charge in [-0.1, -0.05) is 18.0 Å². The lowest BCUT2D eigenvalue weighted by Crippen LogP contribution is -2.31. The van der Waals surface area contributed by atoms with Gasteiger partial charge in [0.1, 0.15) is 0 Å². The third-order valence-corrected chi connectivity index (χ3v) is 4.65. The van der Waals surface area contributed by atoms with Crippen LogP contribution in [0.1, 0.15) is 69.5 Å². The van der Waals surface area contributed by atoms with Crippen LogP contribution in [0.25, 0.3) is 0 Å². The van der Waals surface area contributed by atoms with Crippen molar-refractivity contribution < 1.29 is 9.63 Å². The van der Waals surface area contributed by atoms with E-state index in [0.717, 1.165) is 37.6 Å². The van der Waals surface area contributed by atoms with Crippen molar-refractivity contribution in [1.82, 2.24) is 15.0 Å². The maximum atomic E-state index is 9.57. The van der Waals surface area contributed by atoms with Crippen LogP contribution in [-0.2, 0) is 6.54 Å². The number of hydrogen-bond acceptors (Lipinski definition) is 5. The molecule has 2 fully saturated rings. The molecular formula is C15H25N3O2. The second-order valence-corrected chi connectivity index (χ2v) is 6.38. The molecule has 1 aliphatic carbocycles. The topological polar surface area (TPSA) is 62.4 Å². The number of rotatable bonds is 5. The summed E-state index contributed by atoms with van der Waals surface area (Å²) in [7, 11) is 0. The molecule has 2 atom stereocenters. The Morgan fingerprint density at radius 1 is 1.30 bits per heavy atom. The Balaban J connectivity index is 1.59. The average Bonchev–Trinajstić information content (AvgIpc) is 3.11. The molecule has 0 radical (unpaired) electrons. The lowest BCUT2D eigenvalue weighted by molar-refractivity contribution is 0.124. The van der Waals surface area contributed by atoms with Crippen molar-refractivity contribution in [3.8, 4) is 0 Å². The zero-order valence-electron chi connectivity index (χ0n) is 12.3. The number of likely N-dealkylation sites (tertiary alicyclic amines) is 1. The summed E-state index contributed by atoms with van der Waals surface area (Å²) in [5, 5.41) is 13.7. The van der Waals surface area contributed by atoms with E-state index in [4.69, 9.17) is 4.52 Å². The van der Waals surface area contributed by atoms with Crippen molar-refractivity contribution in [2.24, 2.45) is 0 Å². The number of hydrogen-bond donors (Lipinski definition) is 1. The van der Waals surface area contributed by atoms with E-state index in [0.29, 0.717) is 12.0 Å². The molecule has 1 N–H and O–H groups in total. The Hall–Kier alpha value is -0.940. The Morgan fingerprint density at radius 3 is 2.85 bits per heavy atom. The SMILES string of the molecule is CC(O)CC1CCCN1Cc1nc(C2CCCC2)no1. The zero-order valence-corrected chi connectivity index (χ0v) is 12.3. The van der Waals surface area contributed by atoms with Crippen LogP contribution in [0.5, 0.6) is 0 Å². The zero-order chi connectivity index (χ0) is 13.9. The molecule has 0 spiro atoms. The molecular weight excluding hydrogens is 254 g/mol. The van der Waals surface area contributed by atoms with E-state index in [1.165, 1.54) is 32.1 Å². The average molecular weight is 279 g/mol. The third kappa shape index (κ3) is 3.20. The monoisotopic (exact) mass is 279 g/mol. The third-order valence-electron chi connectivity index (χ3n) is 4.65. The van der Waals surface area contributed by atoms with Gasteiger partial charge in [-0.2, -0.15) is 4.98 Å². The van der Waals surface area contributed by atoms with Gasteiger partial charge < -0.3 is 9.63 Å². The summed E-state index contributed by atoms with van der Waals surface area (Å²) < 4.78 is 5.43. The molecule has 2 aliphatic rings. The van der Waals surface area contributed by atoms with Crippen molar-refractivity contribution in [1.29, 1.82) is 0 Å². The molecule has 1 aromatic heterocycles. The second-order valence-electron chi connectivity index (χ2n) is 6.38. The fraction of sp³-hybridized carbons (Fsp3) is 0.867. The van der Waals surface area contributed by atoms with Gasteiger partial charge in [0, 0.05) is 12.0 Å². The molecule has 5 nitrogen and oxygen atoms in total. The predicted octanol–water partition coefficient (Wildman–Crippen LogP) is 2.46. The van der Waals surface area contributed by atoms with Crippen LogP contribution in [0, 0.1) is 0 Å². The first-order valence-corrected chi connectivity index (χ1v) is 7.97. The van der Waals surface area contributed by atoms with Crippen molar-refractivity contribution in [2.75, 3.05) is 6.54 Å². The molecule has 20 heavy (non-hydrogen) atoms. The van der Waals surface area contributed by atoms with Crippen LogP contribution in [-0.4, -0.2) is 38.8 Å². The van der Waals surface area contributed by atoms with Gasteiger partial charge >= 0.3 is 0 Å². The first-order valence-electron chi connectivity index (χ1n) is 7.97. The normalized spacial score (nSPS) is 26.4. The molecule has 5 heteroatoms. The molecule has 0 aromatic carbocycles. The van der Waals surface area contributed by atoms with Crippen LogP contribution in [0.15, 0.2) is 4.52 Å². The van der Waals surface area contributed by atoms with Crippen molar-refractivity contribution in [3.63, 3.8) is 0 Å². The van der Waals surface area contributed by atoms with Gasteiger partial charge in [0.25, 0.3) is 0 Å². The number of aliphatic hydroxyl groups excluding tert-OH is 1. The molecule has 0 bridgehead atoms. The lowest BCUT2D eigenvalue weighted by atomic mass is 10.1. The van der Waals surface area contributed by atoms with E-state index in [1.54, 1.807) is 0 Å². The smallest absolute Gasteiger partial charge is 0.240 e. The highest BCUT2D eigenvalue weighted by molar-refractivity contribution is 4.98. The molecule has 1 aliphatic heterocycles. The van der Waals surface area contributed by atoms with Crippen LogP contribution in [0.3, 0.4) is 0 Å². The Kier molecular flexibility index (Phi) is 4.36. The molecule has 2 unspecified atom stereocenters. The Labute approximate surface area is 120 Å². The van der Waals surface area contributed by atoms with Gasteiger partial charge in [-0.15, -0.1) is 0 Å². The predicted molar refractivity (Wildman–Crippen MR) is 75.2 cm³/mol. The summed E-state index contributed by atoms with van der Waals surface area (Å²) in [6.07, 6.45) is 7.94. The van der Waals surface area contributed by atoms with Crippen LogP contribution >= 0.6 is 0 Å². The van der Waals surface area contributed by atoms with E-state index in [-0.39, 0.29) is 6.10 Å². The van der Waals surface area contributed by atoms with E-state index in [9.17, 15) is 5.11 Å². The molecule has 112 valence electrons. The molecule has 2 heterocycles. The highest BCUT2D eigenvalue weighted by Gasteiger charge is 2.28. The highest BCUT2D eigenvalue weighted by Crippen LogP contribution is 2.32. The summed E-state index contributed by atoms with van der Waals surface area (Å²) in [5.74, 6) is 2.16. The van der Waals surface area contributed by atoms with Crippen LogP contribution in [0.2, 0.25) is 0 Å². The summed E-state index contributed by atoms with van der Waals surface area (Å²) >= 11 is 0. The van der Waals surface area contributed by atoms with Gasteiger partial charge in [0.15, 0.2) is 5.82 Å². The lowest BCUT2D eigenvalue weighted by Gasteiger charge is -2.23. The van der Waals surface area contributed by atoms with Crippen molar-refractivity contribution in [3.05, 3.63) is 11.7 Å². The van der Waals surface area contributed by atoms with Crippen LogP contribution < -0.4 is 0 Å². The molecule has 1 saturated carbocycles. The quantitative estimate of drug-likeness (QED) is 0.897. The molecule has 1 saturated heterocycles. The Bertz CT molecular complexity index is 427. The minimum absolute atomic E-state index is 0.239. The van der Waals surface area contributed by atoms with Gasteiger partial charge in [0.2, 0.25) is 5.89 Å². The van der Waals surface area contributed by atoms with Gasteiger partial charge in [0.05, 0.1) is 12.6 Å². The fourth-order valence-electron chi connectivity index (χ4n) is 3.62.